The molecule has 1 unspecified atom stereocenters. The van der Waals surface area contributed by atoms with E-state index >= 15 is 0 Å². The van der Waals surface area contributed by atoms with Crippen LogP contribution in [0, 0.1) is 0 Å². The van der Waals surface area contributed by atoms with E-state index in [4.69, 9.17) is 0 Å². The summed E-state index contributed by atoms with van der Waals surface area (Å²) in [5.74, 6) is 0.562. The molecule has 2 aliphatic heterocycles. The van der Waals surface area contributed by atoms with Crippen LogP contribution in [0.25, 0.3) is 0 Å². The number of aromatic nitrogens is 2. The number of hydrogen-bond acceptors (Lipinski definition) is 5. The van der Waals surface area contributed by atoms with Crippen LogP contribution in [0.2, 0.25) is 0 Å². The second-order valence-corrected chi connectivity index (χ2v) is 8.07. The van der Waals surface area contributed by atoms with E-state index in [1.165, 1.54) is 44.2 Å². The normalized spacial score (nSPS) is 19.8. The molecule has 1 amide bonds. The molecule has 154 valence electrons. The van der Waals surface area contributed by atoms with Gasteiger partial charge in [-0.3, -0.25) is 4.79 Å². The predicted octanol–water partition coefficient (Wildman–Crippen LogP) is 4.49. The SMILES string of the molecule is CCC1CCCCN1c1ncc(C(=O)Nc2ccc(N3CCCCC3)cc2)cn1. The van der Waals surface area contributed by atoms with Crippen molar-refractivity contribution in [1.29, 1.82) is 0 Å². The zero-order chi connectivity index (χ0) is 20.1. The smallest absolute Gasteiger partial charge is 0.258 e. The fourth-order valence-corrected chi connectivity index (χ4v) is 4.39. The quantitative estimate of drug-likeness (QED) is 0.811. The minimum absolute atomic E-state index is 0.173. The van der Waals surface area contributed by atoms with Crippen LogP contribution < -0.4 is 15.1 Å². The molecule has 2 saturated heterocycles. The van der Waals surface area contributed by atoms with Gasteiger partial charge in [0.1, 0.15) is 0 Å². The van der Waals surface area contributed by atoms with Gasteiger partial charge in [-0.1, -0.05) is 6.92 Å². The first-order chi connectivity index (χ1) is 14.2. The van der Waals surface area contributed by atoms with Gasteiger partial charge >= 0.3 is 0 Å². The molecule has 2 fully saturated rings. The van der Waals surface area contributed by atoms with Crippen molar-refractivity contribution in [1.82, 2.24) is 9.97 Å². The molecule has 4 rings (SSSR count). The summed E-state index contributed by atoms with van der Waals surface area (Å²) in [5, 5.41) is 2.96. The monoisotopic (exact) mass is 393 g/mol. The van der Waals surface area contributed by atoms with Crippen LogP contribution in [0.3, 0.4) is 0 Å². The number of rotatable bonds is 5. The van der Waals surface area contributed by atoms with Gasteiger partial charge in [0.2, 0.25) is 5.95 Å². The maximum absolute atomic E-state index is 12.6. The average Bonchev–Trinajstić information content (AvgIpc) is 2.80. The Bertz CT molecular complexity index is 799. The van der Waals surface area contributed by atoms with E-state index in [9.17, 15) is 4.79 Å². The van der Waals surface area contributed by atoms with Crippen molar-refractivity contribution >= 4 is 23.2 Å². The van der Waals surface area contributed by atoms with Crippen LogP contribution in [-0.4, -0.2) is 41.6 Å². The predicted molar refractivity (Wildman–Crippen MR) is 118 cm³/mol. The van der Waals surface area contributed by atoms with Gasteiger partial charge in [0, 0.05) is 49.4 Å². The number of hydrogen-bond donors (Lipinski definition) is 1. The van der Waals surface area contributed by atoms with Crippen molar-refractivity contribution in [3.8, 4) is 0 Å². The van der Waals surface area contributed by atoms with Crippen LogP contribution in [0.15, 0.2) is 36.7 Å². The third-order valence-corrected chi connectivity index (χ3v) is 6.10. The van der Waals surface area contributed by atoms with E-state index in [2.05, 4.69) is 44.1 Å². The van der Waals surface area contributed by atoms with E-state index in [1.54, 1.807) is 12.4 Å². The van der Waals surface area contributed by atoms with Crippen LogP contribution >= 0.6 is 0 Å². The van der Waals surface area contributed by atoms with Gasteiger partial charge in [0.25, 0.3) is 5.91 Å². The standard InChI is InChI=1S/C23H31N5O/c1-2-20-8-4-7-15-28(20)23-24-16-18(17-25-23)22(29)26-19-9-11-21(12-10-19)27-13-5-3-6-14-27/h9-12,16-17,20H,2-8,13-15H2,1H3,(H,26,29). The maximum Gasteiger partial charge on any atom is 0.258 e. The van der Waals surface area contributed by atoms with Gasteiger partial charge in [-0.05, 0) is 69.2 Å². The molecular formula is C23H31N5O. The molecule has 1 atom stereocenters. The summed E-state index contributed by atoms with van der Waals surface area (Å²) in [6.45, 7) is 5.44. The topological polar surface area (TPSA) is 61.4 Å². The van der Waals surface area contributed by atoms with E-state index in [1.807, 2.05) is 12.1 Å². The van der Waals surface area contributed by atoms with Crippen LogP contribution in [0.1, 0.15) is 62.2 Å². The molecule has 2 aromatic rings. The van der Waals surface area contributed by atoms with Crippen molar-refractivity contribution in [2.24, 2.45) is 0 Å². The van der Waals surface area contributed by atoms with Gasteiger partial charge in [-0.2, -0.15) is 0 Å². The minimum Gasteiger partial charge on any atom is -0.372 e. The molecule has 6 heteroatoms. The second-order valence-electron chi connectivity index (χ2n) is 8.07. The van der Waals surface area contributed by atoms with E-state index < -0.39 is 0 Å². The Morgan fingerprint density at radius 2 is 1.69 bits per heavy atom. The number of anilines is 3. The number of nitrogens with zero attached hydrogens (tertiary/aromatic N) is 4. The lowest BCUT2D eigenvalue weighted by atomic mass is 10.0. The summed E-state index contributed by atoms with van der Waals surface area (Å²) >= 11 is 0. The minimum atomic E-state index is -0.173. The number of carbonyl (C=O) groups is 1. The summed E-state index contributed by atoms with van der Waals surface area (Å²) in [6.07, 6.45) is 11.8. The molecule has 6 nitrogen and oxygen atoms in total. The molecule has 2 aliphatic rings. The zero-order valence-corrected chi connectivity index (χ0v) is 17.3. The average molecular weight is 394 g/mol. The number of amides is 1. The van der Waals surface area contributed by atoms with E-state index in [-0.39, 0.29) is 5.91 Å². The first kappa shape index (κ1) is 19.7. The highest BCUT2D eigenvalue weighted by Gasteiger charge is 2.23. The molecule has 0 spiro atoms. The Kier molecular flexibility index (Phi) is 6.27. The molecule has 1 N–H and O–H groups in total. The summed E-state index contributed by atoms with van der Waals surface area (Å²) in [4.78, 5) is 26.3. The van der Waals surface area contributed by atoms with Gasteiger partial charge in [-0.25, -0.2) is 9.97 Å². The first-order valence-corrected chi connectivity index (χ1v) is 11.0. The number of carbonyl (C=O) groups excluding carboxylic acids is 1. The first-order valence-electron chi connectivity index (χ1n) is 11.0. The lowest BCUT2D eigenvalue weighted by molar-refractivity contribution is 0.102. The van der Waals surface area contributed by atoms with Crippen molar-refractivity contribution < 1.29 is 4.79 Å². The summed E-state index contributed by atoms with van der Waals surface area (Å²) in [5.41, 5.74) is 2.50. The second kappa shape index (κ2) is 9.25. The van der Waals surface area contributed by atoms with Crippen molar-refractivity contribution in [3.63, 3.8) is 0 Å². The molecule has 1 aromatic heterocycles. The highest BCUT2D eigenvalue weighted by atomic mass is 16.1. The highest BCUT2D eigenvalue weighted by molar-refractivity contribution is 6.03. The fraction of sp³-hybridized carbons (Fsp3) is 0.522. The summed E-state index contributed by atoms with van der Waals surface area (Å²) in [6, 6.07) is 8.61. The number of benzene rings is 1. The van der Waals surface area contributed by atoms with Crippen LogP contribution in [0.4, 0.5) is 17.3 Å². The molecule has 1 aromatic carbocycles. The van der Waals surface area contributed by atoms with E-state index in [0.29, 0.717) is 11.6 Å². The van der Waals surface area contributed by atoms with Crippen molar-refractivity contribution in [2.45, 2.75) is 57.9 Å². The van der Waals surface area contributed by atoms with Crippen LogP contribution in [0.5, 0.6) is 0 Å². The van der Waals surface area contributed by atoms with Gasteiger partial charge < -0.3 is 15.1 Å². The lowest BCUT2D eigenvalue weighted by Crippen LogP contribution is -2.40. The maximum atomic E-state index is 12.6. The Labute approximate surface area is 173 Å². The molecule has 0 aliphatic carbocycles. The molecule has 0 saturated carbocycles. The zero-order valence-electron chi connectivity index (χ0n) is 17.3. The number of piperidine rings is 2. The Morgan fingerprint density at radius 1 is 1.00 bits per heavy atom. The number of nitrogens with one attached hydrogen (secondary N) is 1. The van der Waals surface area contributed by atoms with Gasteiger partial charge in [0.05, 0.1) is 5.56 Å². The molecule has 0 radical (unpaired) electrons. The Hall–Kier alpha value is -2.63. The Balaban J connectivity index is 1.38. The van der Waals surface area contributed by atoms with Crippen molar-refractivity contribution in [2.75, 3.05) is 34.8 Å². The highest BCUT2D eigenvalue weighted by Crippen LogP contribution is 2.24. The molecular weight excluding hydrogens is 362 g/mol. The van der Waals surface area contributed by atoms with E-state index in [0.717, 1.165) is 37.7 Å². The Morgan fingerprint density at radius 3 is 2.38 bits per heavy atom. The summed E-state index contributed by atoms with van der Waals surface area (Å²) in [7, 11) is 0. The third kappa shape index (κ3) is 4.69. The molecule has 0 bridgehead atoms. The lowest BCUT2D eigenvalue weighted by Gasteiger charge is -2.35. The third-order valence-electron chi connectivity index (χ3n) is 6.10. The molecule has 29 heavy (non-hydrogen) atoms. The van der Waals surface area contributed by atoms with Crippen LogP contribution in [-0.2, 0) is 0 Å². The van der Waals surface area contributed by atoms with Gasteiger partial charge in [0.15, 0.2) is 0 Å². The van der Waals surface area contributed by atoms with Gasteiger partial charge in [-0.15, -0.1) is 0 Å². The summed E-state index contributed by atoms with van der Waals surface area (Å²) < 4.78 is 0. The molecule has 3 heterocycles. The fourth-order valence-electron chi connectivity index (χ4n) is 4.39. The largest absolute Gasteiger partial charge is 0.372 e. The van der Waals surface area contributed by atoms with Crippen molar-refractivity contribution in [3.05, 3.63) is 42.2 Å².